The van der Waals surface area contributed by atoms with E-state index in [1.165, 1.54) is 0 Å². The van der Waals surface area contributed by atoms with E-state index in [4.69, 9.17) is 19.8 Å². The summed E-state index contributed by atoms with van der Waals surface area (Å²) in [6.45, 7) is 0. The van der Waals surface area contributed by atoms with E-state index in [-0.39, 0.29) is 26.5 Å². The topological polar surface area (TPSA) is 112 Å². The van der Waals surface area contributed by atoms with Crippen molar-refractivity contribution in [3.63, 3.8) is 0 Å². The number of carbonyl (C=O) groups is 2. The maximum Gasteiger partial charge on any atom is 2.00 e. The Hall–Kier alpha value is -0.412. The molecule has 0 aromatic rings. The fourth-order valence-electron chi connectivity index (χ4n) is 0. The largest absolute Gasteiger partial charge is 2.00 e. The molecule has 0 radical (unpaired) electrons. The van der Waals surface area contributed by atoms with E-state index < -0.39 is 11.9 Å². The van der Waals surface area contributed by atoms with Crippen LogP contribution in [0.2, 0.25) is 0 Å². The van der Waals surface area contributed by atoms with Gasteiger partial charge in [-0.2, -0.15) is 0 Å². The van der Waals surface area contributed by atoms with E-state index in [0.717, 1.165) is 0 Å². The molecule has 0 aliphatic rings. The molecule has 0 aromatic heterocycles. The Morgan fingerprint density at radius 2 is 1.12 bits per heavy atom. The van der Waals surface area contributed by atoms with Crippen molar-refractivity contribution in [2.75, 3.05) is 0 Å². The zero-order valence-electron chi connectivity index (χ0n) is 3.45. The number of hydrogen-bond donors (Lipinski definition) is 0. The number of carbonyl (C=O) groups excluding carboxylic acids is 2. The monoisotopic (exact) mass is 301 g/mol. The average Bonchev–Trinajstić information content (AvgIpc) is 1.36. The van der Waals surface area contributed by atoms with Crippen LogP contribution < -0.4 is 10.2 Å². The predicted molar refractivity (Wildman–Crippen MR) is 13.6 cm³/mol. The minimum absolute atomic E-state index is 0. The Bertz CT molecular complexity index is 76.4. The molecule has 0 saturated carbocycles. The van der Waals surface area contributed by atoms with Crippen LogP contribution in [0.25, 0.3) is 0 Å². The maximum atomic E-state index is 8.93. The zero-order valence-corrected chi connectivity index (χ0v) is 5.72. The van der Waals surface area contributed by atoms with Crippen LogP contribution in [0, 0.1) is 0 Å². The fraction of sp³-hybridized carbons (Fsp3) is 0. The molecule has 0 saturated heterocycles. The van der Waals surface area contributed by atoms with Gasteiger partial charge in [0.1, 0.15) is 0 Å². The number of rotatable bonds is 0. The average molecular weight is 301 g/mol. The van der Waals surface area contributed by atoms with Crippen LogP contribution in [0.5, 0.6) is 0 Å². The van der Waals surface area contributed by atoms with Crippen LogP contribution in [0.15, 0.2) is 0 Å². The molecule has 8 heavy (non-hydrogen) atoms. The first-order chi connectivity index (χ1) is 2.64. The van der Waals surface area contributed by atoms with E-state index in [9.17, 15) is 0 Å². The van der Waals surface area contributed by atoms with Crippen molar-refractivity contribution in [1.29, 1.82) is 0 Å². The summed E-state index contributed by atoms with van der Waals surface area (Å²) in [5.41, 5.74) is 0. The van der Waals surface area contributed by atoms with Gasteiger partial charge in [0.15, 0.2) is 0 Å². The molecule has 0 spiro atoms. The molecule has 0 heterocycles. The first-order valence-electron chi connectivity index (χ1n) is 1.07. The van der Waals surface area contributed by atoms with Gasteiger partial charge in [-0.05, 0) is 0 Å². The van der Waals surface area contributed by atoms with E-state index in [1.54, 1.807) is 0 Å². The van der Waals surface area contributed by atoms with Crippen molar-refractivity contribution in [2.45, 2.75) is 0 Å². The molecule has 5 nitrogen and oxygen atoms in total. The summed E-state index contributed by atoms with van der Waals surface area (Å²) in [5.74, 6) is -4.37. The van der Waals surface area contributed by atoms with Gasteiger partial charge in [-0.25, -0.2) is 0 Å². The van der Waals surface area contributed by atoms with Crippen molar-refractivity contribution in [3.05, 3.63) is 0 Å². The third kappa shape index (κ3) is 9.14. The molecule has 2 N–H and O–H groups in total. The summed E-state index contributed by atoms with van der Waals surface area (Å²) in [6, 6.07) is 0. The minimum Gasteiger partial charge on any atom is -0.543 e. The Balaban J connectivity index is -0.000000125. The molecule has 0 atom stereocenters. The van der Waals surface area contributed by atoms with Gasteiger partial charge in [-0.15, -0.1) is 0 Å². The van der Waals surface area contributed by atoms with Crippen molar-refractivity contribution >= 4 is 11.9 Å². The Morgan fingerprint density at radius 3 is 1.12 bits per heavy atom. The number of hydrogen-bond acceptors (Lipinski definition) is 4. The number of carboxylic acids is 2. The first-order valence-corrected chi connectivity index (χ1v) is 1.07. The van der Waals surface area contributed by atoms with Crippen LogP contribution >= 0.6 is 0 Å². The van der Waals surface area contributed by atoms with Gasteiger partial charge in [0, 0.05) is 0 Å². The third-order valence-corrected chi connectivity index (χ3v) is 0.167. The van der Waals surface area contributed by atoms with E-state index in [0.29, 0.717) is 0 Å². The van der Waals surface area contributed by atoms with Crippen LogP contribution in [-0.4, -0.2) is 17.4 Å². The fourth-order valence-corrected chi connectivity index (χ4v) is 0. The molecule has 0 aromatic carbocycles. The van der Waals surface area contributed by atoms with Crippen molar-refractivity contribution in [3.8, 4) is 0 Å². The quantitative estimate of drug-likeness (QED) is 0.421. The Kier molecular flexibility index (Phi) is 12.9. The molecule has 0 aliphatic heterocycles. The molecule has 0 fully saturated rings. The second-order valence-corrected chi connectivity index (χ2v) is 0.575. The summed E-state index contributed by atoms with van der Waals surface area (Å²) in [7, 11) is 0. The van der Waals surface area contributed by atoms with Gasteiger partial charge in [0.2, 0.25) is 0 Å². The van der Waals surface area contributed by atoms with Crippen LogP contribution in [-0.2, 0) is 30.7 Å². The minimum atomic E-state index is -2.19. The van der Waals surface area contributed by atoms with Crippen molar-refractivity contribution < 1.29 is 46.3 Å². The maximum absolute atomic E-state index is 8.93. The molecular weight excluding hydrogens is 299 g/mol. The zero-order chi connectivity index (χ0) is 5.15. The normalized spacial score (nSPS) is 5.50. The molecular formula is C2H2O5Pt. The summed E-state index contributed by atoms with van der Waals surface area (Å²) in [4.78, 5) is 17.9. The van der Waals surface area contributed by atoms with E-state index in [1.807, 2.05) is 0 Å². The number of carboxylic acid groups (broad SMARTS) is 2. The van der Waals surface area contributed by atoms with Crippen LogP contribution in [0.4, 0.5) is 0 Å². The summed E-state index contributed by atoms with van der Waals surface area (Å²) in [6.07, 6.45) is 0. The van der Waals surface area contributed by atoms with Gasteiger partial charge >= 0.3 is 21.1 Å². The molecule has 0 amide bonds. The Morgan fingerprint density at radius 1 is 1.00 bits per heavy atom. The summed E-state index contributed by atoms with van der Waals surface area (Å²) in [5, 5.41) is 17.9. The molecule has 6 heteroatoms. The standard InChI is InChI=1S/C2H2O4.H2O.Pt/c3-1(4)2(5)6;;/h(H,3,4)(H,5,6);1H2;/q;;+2/p-2. The van der Waals surface area contributed by atoms with Gasteiger partial charge in [0.05, 0.1) is 11.9 Å². The molecule has 0 unspecified atom stereocenters. The van der Waals surface area contributed by atoms with Crippen LogP contribution in [0.3, 0.4) is 0 Å². The molecule has 0 bridgehead atoms. The third-order valence-electron chi connectivity index (χ3n) is 0.167. The predicted octanol–water partition coefficient (Wildman–Crippen LogP) is -4.34. The van der Waals surface area contributed by atoms with Gasteiger partial charge in [0.25, 0.3) is 0 Å². The summed E-state index contributed by atoms with van der Waals surface area (Å²) < 4.78 is 0. The van der Waals surface area contributed by atoms with E-state index >= 15 is 0 Å². The number of aliphatic carboxylic acids is 2. The van der Waals surface area contributed by atoms with Crippen LogP contribution in [0.1, 0.15) is 0 Å². The SMILES string of the molecule is O.O=C([O-])C(=O)[O-].[Pt+2]. The van der Waals surface area contributed by atoms with E-state index in [2.05, 4.69) is 0 Å². The van der Waals surface area contributed by atoms with Crippen molar-refractivity contribution in [1.82, 2.24) is 0 Å². The van der Waals surface area contributed by atoms with Crippen molar-refractivity contribution in [2.24, 2.45) is 0 Å². The second kappa shape index (κ2) is 6.59. The summed E-state index contributed by atoms with van der Waals surface area (Å²) >= 11 is 0. The molecule has 50 valence electrons. The molecule has 0 aliphatic carbocycles. The molecule has 0 rings (SSSR count). The van der Waals surface area contributed by atoms with Gasteiger partial charge in [-0.3, -0.25) is 0 Å². The second-order valence-electron chi connectivity index (χ2n) is 0.575. The Labute approximate surface area is 58.9 Å². The van der Waals surface area contributed by atoms with Gasteiger partial charge < -0.3 is 25.3 Å². The first kappa shape index (κ1) is 15.6. The smallest absolute Gasteiger partial charge is 0.543 e. The van der Waals surface area contributed by atoms with Gasteiger partial charge in [-0.1, -0.05) is 0 Å².